The van der Waals surface area contributed by atoms with E-state index in [1.807, 2.05) is 60.7 Å². The van der Waals surface area contributed by atoms with E-state index in [0.717, 1.165) is 30.9 Å². The van der Waals surface area contributed by atoms with E-state index in [1.54, 1.807) is 4.90 Å². The lowest BCUT2D eigenvalue weighted by atomic mass is 10.0. The number of hydrogen-bond donors (Lipinski definition) is 2. The fourth-order valence-electron chi connectivity index (χ4n) is 6.09. The number of nitrogen functional groups attached to an aromatic ring is 1. The number of hydrogen-bond acceptors (Lipinski definition) is 6. The molecule has 43 heavy (non-hydrogen) atoms. The number of amides is 2. The molecule has 11 heteroatoms. The van der Waals surface area contributed by atoms with Crippen LogP contribution in [0.15, 0.2) is 85.1 Å². The van der Waals surface area contributed by atoms with Crippen molar-refractivity contribution in [1.29, 1.82) is 0 Å². The summed E-state index contributed by atoms with van der Waals surface area (Å²) >= 11 is 6.14. The molecule has 6 rings (SSSR count). The minimum atomic E-state index is -0.618. The molecule has 2 fully saturated rings. The zero-order chi connectivity index (χ0) is 29.9. The third-order valence-electron chi connectivity index (χ3n) is 8.23. The number of ether oxygens (including phenoxy) is 1. The molecule has 3 heterocycles. The number of anilines is 1. The second-order valence-electron chi connectivity index (χ2n) is 11.0. The molecule has 2 unspecified atom stereocenters. The summed E-state index contributed by atoms with van der Waals surface area (Å²) in [6.07, 6.45) is 1.47. The lowest BCUT2D eigenvalue weighted by Crippen LogP contribution is -2.36. The molecule has 2 amide bonds. The van der Waals surface area contributed by atoms with Gasteiger partial charge in [0.05, 0.1) is 28.5 Å². The Morgan fingerprint density at radius 1 is 0.977 bits per heavy atom. The van der Waals surface area contributed by atoms with Crippen LogP contribution in [-0.2, 0) is 0 Å². The maximum Gasteiger partial charge on any atom is 0.413 e. The standard InChI is InChI=1S/C32H32ClFN6O3/c33-25-12-7-13-26(34)29(25)31(41)39-19-22-17-38(18-23(22)20-39)15-14-27(21-8-3-1-4-9-21)37-32(42)43-28-16-36-40(30(28)35)24-10-5-2-6-11-24/h1-13,16,22-23,27H,14-15,17-20,35H2,(H,37,42)/t22-,23?,27?/m0/s1. The Hall–Kier alpha value is -4.41. The van der Waals surface area contributed by atoms with Crippen LogP contribution < -0.4 is 15.8 Å². The van der Waals surface area contributed by atoms with Crippen molar-refractivity contribution in [3.63, 3.8) is 0 Å². The van der Waals surface area contributed by atoms with Gasteiger partial charge in [0.2, 0.25) is 0 Å². The van der Waals surface area contributed by atoms with Gasteiger partial charge in [0.1, 0.15) is 5.82 Å². The highest BCUT2D eigenvalue weighted by Gasteiger charge is 2.42. The molecule has 2 saturated heterocycles. The fraction of sp³-hybridized carbons (Fsp3) is 0.281. The molecule has 3 N–H and O–H groups in total. The van der Waals surface area contributed by atoms with Crippen molar-refractivity contribution in [3.05, 3.63) is 107 Å². The van der Waals surface area contributed by atoms with Crippen molar-refractivity contribution in [2.75, 3.05) is 38.5 Å². The predicted octanol–water partition coefficient (Wildman–Crippen LogP) is 5.17. The van der Waals surface area contributed by atoms with E-state index in [-0.39, 0.29) is 34.1 Å². The van der Waals surface area contributed by atoms with E-state index in [1.165, 1.54) is 29.1 Å². The Kier molecular flexibility index (Phi) is 8.31. The summed E-state index contributed by atoms with van der Waals surface area (Å²) in [6.45, 7) is 3.51. The Bertz CT molecular complexity index is 1570. The smallest absolute Gasteiger partial charge is 0.405 e. The summed E-state index contributed by atoms with van der Waals surface area (Å²) in [6, 6.07) is 23.1. The Morgan fingerprint density at radius 3 is 2.33 bits per heavy atom. The minimum Gasteiger partial charge on any atom is -0.405 e. The van der Waals surface area contributed by atoms with Crippen LogP contribution in [-0.4, -0.2) is 64.3 Å². The van der Waals surface area contributed by atoms with Gasteiger partial charge in [-0.25, -0.2) is 13.9 Å². The van der Waals surface area contributed by atoms with E-state index in [9.17, 15) is 14.0 Å². The van der Waals surface area contributed by atoms with Crippen molar-refractivity contribution in [2.45, 2.75) is 12.5 Å². The molecule has 0 aliphatic carbocycles. The maximum atomic E-state index is 14.3. The molecule has 0 spiro atoms. The molecule has 0 bridgehead atoms. The van der Waals surface area contributed by atoms with Gasteiger partial charge < -0.3 is 25.6 Å². The normalized spacial score (nSPS) is 18.8. The van der Waals surface area contributed by atoms with Crippen molar-refractivity contribution in [2.24, 2.45) is 11.8 Å². The van der Waals surface area contributed by atoms with Crippen LogP contribution in [0.25, 0.3) is 5.69 Å². The molecule has 222 valence electrons. The van der Waals surface area contributed by atoms with E-state index in [4.69, 9.17) is 22.1 Å². The van der Waals surface area contributed by atoms with Crippen LogP contribution in [0, 0.1) is 17.7 Å². The third kappa shape index (κ3) is 6.21. The first-order valence-corrected chi connectivity index (χ1v) is 14.6. The van der Waals surface area contributed by atoms with E-state index < -0.39 is 11.9 Å². The van der Waals surface area contributed by atoms with Gasteiger partial charge in [0, 0.05) is 32.7 Å². The topological polar surface area (TPSA) is 106 Å². The van der Waals surface area contributed by atoms with Gasteiger partial charge in [-0.05, 0) is 48.1 Å². The van der Waals surface area contributed by atoms with Crippen molar-refractivity contribution >= 4 is 29.4 Å². The number of carbonyl (C=O) groups excluding carboxylic acids is 2. The summed E-state index contributed by atoms with van der Waals surface area (Å²) in [7, 11) is 0. The van der Waals surface area contributed by atoms with E-state index >= 15 is 0 Å². The van der Waals surface area contributed by atoms with E-state index in [2.05, 4.69) is 15.3 Å². The molecule has 3 atom stereocenters. The minimum absolute atomic E-state index is 0.0566. The summed E-state index contributed by atoms with van der Waals surface area (Å²) in [5, 5.41) is 7.40. The molecule has 2 aliphatic heterocycles. The number of nitrogens with zero attached hydrogens (tertiary/aromatic N) is 4. The molecular formula is C32H32ClFN6O3. The summed E-state index contributed by atoms with van der Waals surface area (Å²) in [5.41, 5.74) is 7.89. The van der Waals surface area contributed by atoms with Crippen LogP contribution in [0.4, 0.5) is 15.0 Å². The van der Waals surface area contributed by atoms with Crippen LogP contribution >= 0.6 is 11.6 Å². The number of likely N-dealkylation sites (tertiary alicyclic amines) is 2. The van der Waals surface area contributed by atoms with Gasteiger partial charge in [-0.2, -0.15) is 5.10 Å². The first-order valence-electron chi connectivity index (χ1n) is 14.2. The van der Waals surface area contributed by atoms with Crippen LogP contribution in [0.5, 0.6) is 5.75 Å². The first-order chi connectivity index (χ1) is 20.9. The number of para-hydroxylation sites is 1. The Balaban J connectivity index is 1.06. The molecule has 4 aromatic rings. The number of halogens is 2. The Morgan fingerprint density at radius 2 is 1.65 bits per heavy atom. The van der Waals surface area contributed by atoms with Gasteiger partial charge >= 0.3 is 6.09 Å². The van der Waals surface area contributed by atoms with Crippen LogP contribution in [0.1, 0.15) is 28.4 Å². The Labute approximate surface area is 254 Å². The number of nitrogens with one attached hydrogen (secondary N) is 1. The van der Waals surface area contributed by atoms with Crippen LogP contribution in [0.3, 0.4) is 0 Å². The largest absolute Gasteiger partial charge is 0.413 e. The van der Waals surface area contributed by atoms with E-state index in [0.29, 0.717) is 31.3 Å². The lowest BCUT2D eigenvalue weighted by Gasteiger charge is -2.25. The first kappa shape index (κ1) is 28.7. The molecule has 0 radical (unpaired) electrons. The summed E-state index contributed by atoms with van der Waals surface area (Å²) in [5.74, 6) is 0.0495. The maximum absolute atomic E-state index is 14.3. The summed E-state index contributed by atoms with van der Waals surface area (Å²) < 4.78 is 21.4. The molecule has 2 aliphatic rings. The van der Waals surface area contributed by atoms with Crippen molar-refractivity contribution in [3.8, 4) is 11.4 Å². The highest BCUT2D eigenvalue weighted by molar-refractivity contribution is 6.33. The zero-order valence-corrected chi connectivity index (χ0v) is 24.2. The zero-order valence-electron chi connectivity index (χ0n) is 23.4. The molecular weight excluding hydrogens is 571 g/mol. The number of nitrogens with two attached hydrogens (primary N) is 1. The molecule has 0 saturated carbocycles. The molecule has 3 aromatic carbocycles. The van der Waals surface area contributed by atoms with Gasteiger partial charge in [-0.1, -0.05) is 66.2 Å². The average molecular weight is 603 g/mol. The molecule has 9 nitrogen and oxygen atoms in total. The highest BCUT2D eigenvalue weighted by atomic mass is 35.5. The number of rotatable bonds is 8. The fourth-order valence-corrected chi connectivity index (χ4v) is 6.33. The van der Waals surface area contributed by atoms with Gasteiger partial charge in [0.15, 0.2) is 11.6 Å². The quantitative estimate of drug-likeness (QED) is 0.288. The second-order valence-corrected chi connectivity index (χ2v) is 11.4. The third-order valence-corrected chi connectivity index (χ3v) is 8.54. The predicted molar refractivity (Wildman–Crippen MR) is 162 cm³/mol. The monoisotopic (exact) mass is 602 g/mol. The SMILES string of the molecule is Nc1c(OC(=O)NC(CCN2CC3CN(C(=O)c4c(F)cccc4Cl)C[C@@H]3C2)c2ccccc2)cnn1-c1ccccc1. The van der Waals surface area contributed by atoms with Gasteiger partial charge in [-0.3, -0.25) is 4.79 Å². The highest BCUT2D eigenvalue weighted by Crippen LogP contribution is 2.34. The summed E-state index contributed by atoms with van der Waals surface area (Å²) in [4.78, 5) is 30.1. The molecule has 1 aromatic heterocycles. The number of benzene rings is 3. The average Bonchev–Trinajstić information content (AvgIpc) is 3.69. The van der Waals surface area contributed by atoms with Crippen molar-refractivity contribution < 1.29 is 18.7 Å². The van der Waals surface area contributed by atoms with Gasteiger partial charge in [0.25, 0.3) is 5.91 Å². The number of carbonyl (C=O) groups is 2. The van der Waals surface area contributed by atoms with Crippen molar-refractivity contribution in [1.82, 2.24) is 24.9 Å². The lowest BCUT2D eigenvalue weighted by molar-refractivity contribution is 0.0769. The number of fused-ring (bicyclic) bond motifs is 1. The van der Waals surface area contributed by atoms with Crippen LogP contribution in [0.2, 0.25) is 5.02 Å². The number of aromatic nitrogens is 2. The second kappa shape index (κ2) is 12.4. The van der Waals surface area contributed by atoms with Gasteiger partial charge in [-0.15, -0.1) is 0 Å².